The van der Waals surface area contributed by atoms with Gasteiger partial charge < -0.3 is 15.5 Å². The Bertz CT molecular complexity index is 470. The number of likely N-dealkylation sites (tertiary alicyclic amines) is 1. The minimum atomic E-state index is 0. The van der Waals surface area contributed by atoms with Crippen molar-refractivity contribution in [3.63, 3.8) is 0 Å². The van der Waals surface area contributed by atoms with E-state index in [1.54, 1.807) is 0 Å². The van der Waals surface area contributed by atoms with Crippen molar-refractivity contribution in [1.29, 1.82) is 0 Å². The van der Waals surface area contributed by atoms with Gasteiger partial charge in [-0.15, -0.1) is 24.0 Å². The molecule has 0 unspecified atom stereocenters. The predicted molar refractivity (Wildman–Crippen MR) is 110 cm³/mol. The minimum Gasteiger partial charge on any atom is -0.357 e. The van der Waals surface area contributed by atoms with Crippen LogP contribution in [0, 0.1) is 5.92 Å². The van der Waals surface area contributed by atoms with Crippen LogP contribution in [0.3, 0.4) is 0 Å². The molecule has 1 saturated heterocycles. The highest BCUT2D eigenvalue weighted by Crippen LogP contribution is 2.14. The summed E-state index contributed by atoms with van der Waals surface area (Å²) in [7, 11) is 2.20. The van der Waals surface area contributed by atoms with Gasteiger partial charge in [0.2, 0.25) is 0 Å². The summed E-state index contributed by atoms with van der Waals surface area (Å²) in [5, 5.41) is 7.56. The van der Waals surface area contributed by atoms with Gasteiger partial charge in [-0.1, -0.05) is 23.7 Å². The molecule has 0 aromatic heterocycles. The molecule has 1 heterocycles. The number of halogens is 2. The SMILES string of the molecule is CCNC(=NCc1ccc(Cl)cc1)NCC1CCN(C)CC1.I. The second kappa shape index (κ2) is 11.1. The van der Waals surface area contributed by atoms with Crippen LogP contribution in [-0.4, -0.2) is 44.1 Å². The maximum atomic E-state index is 5.91. The van der Waals surface area contributed by atoms with Gasteiger partial charge in [-0.05, 0) is 63.5 Å². The minimum absolute atomic E-state index is 0. The molecule has 1 aliphatic heterocycles. The molecule has 1 aromatic carbocycles. The van der Waals surface area contributed by atoms with E-state index in [0.29, 0.717) is 6.54 Å². The molecular weight excluding hydrogens is 423 g/mol. The first kappa shape index (κ1) is 20.5. The molecule has 23 heavy (non-hydrogen) atoms. The normalized spacial score (nSPS) is 16.7. The highest BCUT2D eigenvalue weighted by Gasteiger charge is 2.16. The predicted octanol–water partition coefficient (Wildman–Crippen LogP) is 3.35. The van der Waals surface area contributed by atoms with Gasteiger partial charge in [0.15, 0.2) is 5.96 Å². The maximum absolute atomic E-state index is 5.91. The maximum Gasteiger partial charge on any atom is 0.191 e. The van der Waals surface area contributed by atoms with Crippen molar-refractivity contribution in [2.75, 3.05) is 33.2 Å². The second-order valence-corrected chi connectivity index (χ2v) is 6.39. The summed E-state index contributed by atoms with van der Waals surface area (Å²) in [6.07, 6.45) is 2.53. The summed E-state index contributed by atoms with van der Waals surface area (Å²) in [5.41, 5.74) is 1.17. The summed E-state index contributed by atoms with van der Waals surface area (Å²) < 4.78 is 0. The first-order valence-corrected chi connectivity index (χ1v) is 8.50. The molecule has 0 saturated carbocycles. The molecule has 0 radical (unpaired) electrons. The highest BCUT2D eigenvalue weighted by molar-refractivity contribution is 14.0. The summed E-state index contributed by atoms with van der Waals surface area (Å²) in [5.74, 6) is 1.65. The fourth-order valence-electron chi connectivity index (χ4n) is 2.61. The topological polar surface area (TPSA) is 39.7 Å². The van der Waals surface area contributed by atoms with E-state index in [9.17, 15) is 0 Å². The Morgan fingerprint density at radius 3 is 2.48 bits per heavy atom. The van der Waals surface area contributed by atoms with Crippen LogP contribution in [-0.2, 0) is 6.54 Å². The molecule has 0 aliphatic carbocycles. The Morgan fingerprint density at radius 2 is 1.87 bits per heavy atom. The van der Waals surface area contributed by atoms with Gasteiger partial charge in [0.1, 0.15) is 0 Å². The van der Waals surface area contributed by atoms with E-state index in [2.05, 4.69) is 34.5 Å². The average Bonchev–Trinajstić information content (AvgIpc) is 2.53. The van der Waals surface area contributed by atoms with E-state index >= 15 is 0 Å². The fourth-order valence-corrected chi connectivity index (χ4v) is 2.74. The van der Waals surface area contributed by atoms with Crippen molar-refractivity contribution in [2.24, 2.45) is 10.9 Å². The lowest BCUT2D eigenvalue weighted by atomic mass is 9.97. The standard InChI is InChI=1S/C17H27ClN4.HI/c1-3-19-17(20-12-14-4-6-16(18)7-5-14)21-13-15-8-10-22(2)11-9-15;/h4-7,15H,3,8-13H2,1-2H3,(H2,19,20,21);1H. The van der Waals surface area contributed by atoms with Crippen LogP contribution in [0.1, 0.15) is 25.3 Å². The number of piperidine rings is 1. The third-order valence-corrected chi connectivity index (χ3v) is 4.33. The van der Waals surface area contributed by atoms with Gasteiger partial charge in [0.05, 0.1) is 6.54 Å². The van der Waals surface area contributed by atoms with E-state index in [-0.39, 0.29) is 24.0 Å². The van der Waals surface area contributed by atoms with Crippen molar-refractivity contribution in [1.82, 2.24) is 15.5 Å². The van der Waals surface area contributed by atoms with E-state index < -0.39 is 0 Å². The molecule has 6 heteroatoms. The van der Waals surface area contributed by atoms with Crippen LogP contribution in [0.5, 0.6) is 0 Å². The molecule has 0 bridgehead atoms. The largest absolute Gasteiger partial charge is 0.357 e. The molecule has 0 amide bonds. The number of hydrogen-bond donors (Lipinski definition) is 2. The molecule has 4 nitrogen and oxygen atoms in total. The van der Waals surface area contributed by atoms with Crippen molar-refractivity contribution in [3.8, 4) is 0 Å². The molecule has 1 aliphatic rings. The van der Waals surface area contributed by atoms with E-state index in [4.69, 9.17) is 11.6 Å². The van der Waals surface area contributed by atoms with Crippen molar-refractivity contribution < 1.29 is 0 Å². The number of aliphatic imine (C=N–C) groups is 1. The Balaban J connectivity index is 0.00000264. The van der Waals surface area contributed by atoms with Gasteiger partial charge in [-0.3, -0.25) is 0 Å². The molecular formula is C17H28ClIN4. The molecule has 0 spiro atoms. The molecule has 0 atom stereocenters. The van der Waals surface area contributed by atoms with Gasteiger partial charge in [0, 0.05) is 18.1 Å². The summed E-state index contributed by atoms with van der Waals surface area (Å²) in [6, 6.07) is 7.86. The third-order valence-electron chi connectivity index (χ3n) is 4.07. The van der Waals surface area contributed by atoms with Crippen molar-refractivity contribution >= 4 is 41.5 Å². The van der Waals surface area contributed by atoms with Gasteiger partial charge >= 0.3 is 0 Å². The zero-order valence-electron chi connectivity index (χ0n) is 14.0. The molecule has 2 N–H and O–H groups in total. The fraction of sp³-hybridized carbons (Fsp3) is 0.588. The number of nitrogens with zero attached hydrogens (tertiary/aromatic N) is 2. The van der Waals surface area contributed by atoms with Crippen LogP contribution in [0.25, 0.3) is 0 Å². The smallest absolute Gasteiger partial charge is 0.191 e. The van der Waals surface area contributed by atoms with E-state index in [1.807, 2.05) is 24.3 Å². The zero-order chi connectivity index (χ0) is 15.8. The molecule has 1 aromatic rings. The Morgan fingerprint density at radius 1 is 1.22 bits per heavy atom. The quantitative estimate of drug-likeness (QED) is 0.410. The van der Waals surface area contributed by atoms with Crippen LogP contribution in [0.2, 0.25) is 5.02 Å². The summed E-state index contributed by atoms with van der Waals surface area (Å²) in [6.45, 7) is 7.03. The second-order valence-electron chi connectivity index (χ2n) is 5.95. The molecule has 2 rings (SSSR count). The van der Waals surface area contributed by atoms with Crippen LogP contribution in [0.15, 0.2) is 29.3 Å². The van der Waals surface area contributed by atoms with Gasteiger partial charge in [0.25, 0.3) is 0 Å². The monoisotopic (exact) mass is 450 g/mol. The average molecular weight is 451 g/mol. The number of hydrogen-bond acceptors (Lipinski definition) is 2. The van der Waals surface area contributed by atoms with Gasteiger partial charge in [-0.2, -0.15) is 0 Å². The highest BCUT2D eigenvalue weighted by atomic mass is 127. The number of rotatable bonds is 5. The van der Waals surface area contributed by atoms with Crippen LogP contribution >= 0.6 is 35.6 Å². The third kappa shape index (κ3) is 7.72. The van der Waals surface area contributed by atoms with E-state index in [0.717, 1.165) is 30.0 Å². The summed E-state index contributed by atoms with van der Waals surface area (Å²) >= 11 is 5.91. The lowest BCUT2D eigenvalue weighted by Crippen LogP contribution is -2.42. The van der Waals surface area contributed by atoms with E-state index in [1.165, 1.54) is 31.5 Å². The number of nitrogens with one attached hydrogen (secondary N) is 2. The zero-order valence-corrected chi connectivity index (χ0v) is 17.1. The Kier molecular flexibility index (Phi) is 9.90. The Labute approximate surface area is 162 Å². The first-order valence-electron chi connectivity index (χ1n) is 8.12. The van der Waals surface area contributed by atoms with Crippen molar-refractivity contribution in [3.05, 3.63) is 34.9 Å². The number of benzene rings is 1. The van der Waals surface area contributed by atoms with Crippen LogP contribution in [0.4, 0.5) is 0 Å². The lowest BCUT2D eigenvalue weighted by molar-refractivity contribution is 0.220. The molecule has 1 fully saturated rings. The molecule has 130 valence electrons. The van der Waals surface area contributed by atoms with Crippen molar-refractivity contribution in [2.45, 2.75) is 26.3 Å². The lowest BCUT2D eigenvalue weighted by Gasteiger charge is -2.29. The Hall–Kier alpha value is -0.530. The summed E-state index contributed by atoms with van der Waals surface area (Å²) in [4.78, 5) is 7.05. The number of guanidine groups is 1. The van der Waals surface area contributed by atoms with Crippen LogP contribution < -0.4 is 10.6 Å². The van der Waals surface area contributed by atoms with Gasteiger partial charge in [-0.25, -0.2) is 4.99 Å². The first-order chi connectivity index (χ1) is 10.7.